The molecule has 2 aromatic heterocycles. The van der Waals surface area contributed by atoms with Gasteiger partial charge < -0.3 is 4.90 Å². The highest BCUT2D eigenvalue weighted by Gasteiger charge is 2.31. The minimum absolute atomic E-state index is 0.0380. The molecule has 1 aliphatic heterocycles. The molecule has 0 radical (unpaired) electrons. The Labute approximate surface area is 164 Å². The highest BCUT2D eigenvalue weighted by atomic mass is 32.1. The van der Waals surface area contributed by atoms with Gasteiger partial charge in [-0.15, -0.1) is 22.7 Å². The molecule has 1 aliphatic rings. The topological polar surface area (TPSA) is 46.1 Å². The monoisotopic (exact) mass is 391 g/mol. The van der Waals surface area contributed by atoms with Gasteiger partial charge in [0, 0.05) is 12.6 Å². The van der Waals surface area contributed by atoms with E-state index >= 15 is 0 Å². The molecule has 1 amide bonds. The van der Waals surface area contributed by atoms with Crippen molar-refractivity contribution in [1.29, 1.82) is 0 Å². The first-order chi connectivity index (χ1) is 13.3. The molecular formula is C21H17N3OS2. The highest BCUT2D eigenvalue weighted by molar-refractivity contribution is 7.19. The molecule has 27 heavy (non-hydrogen) atoms. The quantitative estimate of drug-likeness (QED) is 0.446. The first-order valence-electron chi connectivity index (χ1n) is 8.98. The Morgan fingerprint density at radius 1 is 1.00 bits per heavy atom. The number of hydrogen-bond donors (Lipinski definition) is 0. The summed E-state index contributed by atoms with van der Waals surface area (Å²) in [5, 5.41) is 1.90. The SMILES string of the molecule is O=C(/C=C/c1nc2ccccc2s1)N1CCC[C@@H]1c1nc2ccccc2s1. The van der Waals surface area contributed by atoms with Crippen LogP contribution in [-0.2, 0) is 4.79 Å². The fourth-order valence-electron chi connectivity index (χ4n) is 3.52. The smallest absolute Gasteiger partial charge is 0.247 e. The summed E-state index contributed by atoms with van der Waals surface area (Å²) in [4.78, 5) is 24.1. The van der Waals surface area contributed by atoms with E-state index in [1.54, 1.807) is 28.7 Å². The molecule has 0 aliphatic carbocycles. The number of carbonyl (C=O) groups excluding carboxylic acids is 1. The summed E-state index contributed by atoms with van der Waals surface area (Å²) in [7, 11) is 0. The van der Waals surface area contributed by atoms with Crippen LogP contribution in [0.1, 0.15) is 28.9 Å². The van der Waals surface area contributed by atoms with Crippen molar-refractivity contribution in [3.05, 3.63) is 64.6 Å². The lowest BCUT2D eigenvalue weighted by Crippen LogP contribution is -2.28. The Balaban J connectivity index is 1.38. The van der Waals surface area contributed by atoms with Crippen LogP contribution in [0.25, 0.3) is 26.5 Å². The summed E-state index contributed by atoms with van der Waals surface area (Å²) in [6.07, 6.45) is 5.48. The Hall–Kier alpha value is -2.57. The fourth-order valence-corrected chi connectivity index (χ4v) is 5.50. The van der Waals surface area contributed by atoms with Crippen LogP contribution < -0.4 is 0 Å². The molecule has 0 saturated carbocycles. The molecular weight excluding hydrogens is 374 g/mol. The van der Waals surface area contributed by atoms with Gasteiger partial charge in [0.05, 0.1) is 26.5 Å². The van der Waals surface area contributed by atoms with Crippen molar-refractivity contribution in [3.8, 4) is 0 Å². The average Bonchev–Trinajstić information content (AvgIpc) is 3.42. The number of likely N-dealkylation sites (tertiary alicyclic amines) is 1. The second-order valence-electron chi connectivity index (χ2n) is 6.56. The van der Waals surface area contributed by atoms with Gasteiger partial charge >= 0.3 is 0 Å². The lowest BCUT2D eigenvalue weighted by molar-refractivity contribution is -0.126. The zero-order valence-electron chi connectivity index (χ0n) is 14.5. The molecule has 0 spiro atoms. The van der Waals surface area contributed by atoms with Crippen molar-refractivity contribution in [2.24, 2.45) is 0 Å². The Morgan fingerprint density at radius 2 is 1.70 bits per heavy atom. The van der Waals surface area contributed by atoms with Crippen LogP contribution in [0.5, 0.6) is 0 Å². The first kappa shape index (κ1) is 16.6. The van der Waals surface area contributed by atoms with Crippen LogP contribution >= 0.6 is 22.7 Å². The molecule has 1 saturated heterocycles. The molecule has 3 heterocycles. The van der Waals surface area contributed by atoms with Gasteiger partial charge in [0.2, 0.25) is 5.91 Å². The number of benzene rings is 2. The number of thiazole rings is 2. The van der Waals surface area contributed by atoms with E-state index in [1.165, 1.54) is 4.70 Å². The Bertz CT molecular complexity index is 1090. The summed E-state index contributed by atoms with van der Waals surface area (Å²) in [6, 6.07) is 16.3. The van der Waals surface area contributed by atoms with Crippen LogP contribution in [-0.4, -0.2) is 27.3 Å². The molecule has 6 heteroatoms. The van der Waals surface area contributed by atoms with Crippen molar-refractivity contribution in [1.82, 2.24) is 14.9 Å². The van der Waals surface area contributed by atoms with E-state index in [4.69, 9.17) is 4.98 Å². The number of carbonyl (C=O) groups is 1. The minimum Gasteiger partial charge on any atom is -0.330 e. The molecule has 2 aromatic carbocycles. The summed E-state index contributed by atoms with van der Waals surface area (Å²) in [5.74, 6) is 0.0380. The molecule has 1 fully saturated rings. The van der Waals surface area contributed by atoms with Crippen molar-refractivity contribution < 1.29 is 4.79 Å². The van der Waals surface area contributed by atoms with Crippen molar-refractivity contribution in [2.75, 3.05) is 6.54 Å². The van der Waals surface area contributed by atoms with Gasteiger partial charge in [0.25, 0.3) is 0 Å². The summed E-state index contributed by atoms with van der Waals surface area (Å²) < 4.78 is 2.31. The number of aromatic nitrogens is 2. The number of amides is 1. The molecule has 1 atom stereocenters. The van der Waals surface area contributed by atoms with Gasteiger partial charge in [-0.3, -0.25) is 4.79 Å². The maximum atomic E-state index is 12.8. The normalized spacial score (nSPS) is 17.5. The standard InChI is InChI=1S/C21H17N3OS2/c25-20(12-11-19-22-14-6-1-3-9-17(14)26-19)24-13-5-8-16(24)21-23-15-7-2-4-10-18(15)27-21/h1-4,6-7,9-12,16H,5,8,13H2/b12-11+/t16-/m1/s1. The Morgan fingerprint density at radius 3 is 2.44 bits per heavy atom. The Kier molecular flexibility index (Phi) is 4.22. The largest absolute Gasteiger partial charge is 0.330 e. The van der Waals surface area contributed by atoms with Gasteiger partial charge in [0.15, 0.2) is 0 Å². The summed E-state index contributed by atoms with van der Waals surface area (Å²) in [6.45, 7) is 0.781. The van der Waals surface area contributed by atoms with E-state index in [0.29, 0.717) is 0 Å². The molecule has 134 valence electrons. The lowest BCUT2D eigenvalue weighted by atomic mass is 10.2. The molecule has 5 rings (SSSR count). The summed E-state index contributed by atoms with van der Waals surface area (Å²) >= 11 is 3.30. The number of nitrogens with zero attached hydrogens (tertiary/aromatic N) is 3. The van der Waals surface area contributed by atoms with Gasteiger partial charge in [-0.25, -0.2) is 9.97 Å². The maximum Gasteiger partial charge on any atom is 0.247 e. The second-order valence-corrected chi connectivity index (χ2v) is 8.69. The van der Waals surface area contributed by atoms with Crippen LogP contribution in [0, 0.1) is 0 Å². The molecule has 0 bridgehead atoms. The second kappa shape index (κ2) is 6.87. The minimum atomic E-state index is 0.0380. The van der Waals surface area contributed by atoms with E-state index in [0.717, 1.165) is 45.1 Å². The van der Waals surface area contributed by atoms with Crippen molar-refractivity contribution >= 4 is 55.1 Å². The van der Waals surface area contributed by atoms with E-state index in [2.05, 4.69) is 17.1 Å². The number of fused-ring (bicyclic) bond motifs is 2. The number of para-hydroxylation sites is 2. The third-order valence-electron chi connectivity index (χ3n) is 4.81. The first-order valence-corrected chi connectivity index (χ1v) is 10.6. The van der Waals surface area contributed by atoms with Gasteiger partial charge in [-0.2, -0.15) is 0 Å². The van der Waals surface area contributed by atoms with Crippen molar-refractivity contribution in [3.63, 3.8) is 0 Å². The third-order valence-corrected chi connectivity index (χ3v) is 6.95. The van der Waals surface area contributed by atoms with Crippen LogP contribution in [0.2, 0.25) is 0 Å². The van der Waals surface area contributed by atoms with Gasteiger partial charge in [-0.1, -0.05) is 24.3 Å². The van der Waals surface area contributed by atoms with Crippen LogP contribution in [0.15, 0.2) is 54.6 Å². The van der Waals surface area contributed by atoms with Crippen LogP contribution in [0.3, 0.4) is 0 Å². The highest BCUT2D eigenvalue weighted by Crippen LogP contribution is 2.36. The van der Waals surface area contributed by atoms with E-state index in [-0.39, 0.29) is 11.9 Å². The summed E-state index contributed by atoms with van der Waals surface area (Å²) in [5.41, 5.74) is 1.99. The maximum absolute atomic E-state index is 12.8. The molecule has 0 unspecified atom stereocenters. The zero-order chi connectivity index (χ0) is 18.2. The predicted molar refractivity (Wildman–Crippen MR) is 112 cm³/mol. The van der Waals surface area contributed by atoms with E-state index < -0.39 is 0 Å². The molecule has 4 nitrogen and oxygen atoms in total. The molecule has 4 aromatic rings. The van der Waals surface area contributed by atoms with Gasteiger partial charge in [0.1, 0.15) is 10.0 Å². The number of hydrogen-bond acceptors (Lipinski definition) is 5. The van der Waals surface area contributed by atoms with E-state index in [9.17, 15) is 4.79 Å². The van der Waals surface area contributed by atoms with Gasteiger partial charge in [-0.05, 0) is 43.2 Å². The van der Waals surface area contributed by atoms with E-state index in [1.807, 2.05) is 47.4 Å². The number of rotatable bonds is 3. The van der Waals surface area contributed by atoms with Crippen LogP contribution in [0.4, 0.5) is 0 Å². The fraction of sp³-hybridized carbons (Fsp3) is 0.190. The zero-order valence-corrected chi connectivity index (χ0v) is 16.2. The van der Waals surface area contributed by atoms with Crippen molar-refractivity contribution in [2.45, 2.75) is 18.9 Å². The third kappa shape index (κ3) is 3.15. The average molecular weight is 392 g/mol. The molecule has 0 N–H and O–H groups in total. The lowest BCUT2D eigenvalue weighted by Gasteiger charge is -2.21. The predicted octanol–water partition coefficient (Wildman–Crippen LogP) is 5.28.